The summed E-state index contributed by atoms with van der Waals surface area (Å²) in [5.74, 6) is -0.598. The average molecular weight is 279 g/mol. The molecule has 0 N–H and O–H groups in total. The first-order valence-electron chi connectivity index (χ1n) is 5.02. The number of esters is 1. The molecule has 0 aliphatic rings. The van der Waals surface area contributed by atoms with Crippen molar-refractivity contribution >= 4 is 29.2 Å². The third-order valence-electron chi connectivity index (χ3n) is 1.80. The standard InChI is InChI=1S/C10H12Cl2N2O3/c1-3-16-5-6(2)17-10(15)7-4-8(11)13-14-9(7)12/h4,6H,3,5H2,1-2H3. The highest BCUT2D eigenvalue weighted by molar-refractivity contribution is 6.33. The maximum absolute atomic E-state index is 11.7. The SMILES string of the molecule is CCOCC(C)OC(=O)c1cc(Cl)nnc1Cl. The van der Waals surface area contributed by atoms with E-state index in [1.807, 2.05) is 6.92 Å². The Kier molecular flexibility index (Phi) is 5.61. The van der Waals surface area contributed by atoms with Crippen molar-refractivity contribution < 1.29 is 14.3 Å². The van der Waals surface area contributed by atoms with Gasteiger partial charge in [0.1, 0.15) is 11.7 Å². The molecule has 1 rings (SSSR count). The molecule has 0 bridgehead atoms. The highest BCUT2D eigenvalue weighted by atomic mass is 35.5. The van der Waals surface area contributed by atoms with Crippen molar-refractivity contribution in [2.45, 2.75) is 20.0 Å². The molecule has 0 radical (unpaired) electrons. The van der Waals surface area contributed by atoms with Crippen LogP contribution >= 0.6 is 23.2 Å². The quantitative estimate of drug-likeness (QED) is 0.774. The molecule has 94 valence electrons. The lowest BCUT2D eigenvalue weighted by Crippen LogP contribution is -2.21. The maximum Gasteiger partial charge on any atom is 0.341 e. The predicted molar refractivity (Wildman–Crippen MR) is 63.4 cm³/mol. The molecule has 5 nitrogen and oxygen atoms in total. The van der Waals surface area contributed by atoms with Gasteiger partial charge in [-0.2, -0.15) is 0 Å². The number of rotatable bonds is 5. The van der Waals surface area contributed by atoms with E-state index in [9.17, 15) is 4.79 Å². The Morgan fingerprint density at radius 3 is 2.82 bits per heavy atom. The summed E-state index contributed by atoms with van der Waals surface area (Å²) in [4.78, 5) is 11.7. The van der Waals surface area contributed by atoms with Gasteiger partial charge in [0.15, 0.2) is 10.3 Å². The van der Waals surface area contributed by atoms with Crippen LogP contribution in [0.1, 0.15) is 24.2 Å². The van der Waals surface area contributed by atoms with Crippen LogP contribution in [0.2, 0.25) is 10.3 Å². The van der Waals surface area contributed by atoms with Gasteiger partial charge in [0.25, 0.3) is 0 Å². The lowest BCUT2D eigenvalue weighted by atomic mass is 10.3. The number of halogens is 2. The molecule has 1 heterocycles. The molecule has 1 unspecified atom stereocenters. The number of carbonyl (C=O) groups excluding carboxylic acids is 1. The number of hydrogen-bond donors (Lipinski definition) is 0. The number of ether oxygens (including phenoxy) is 2. The van der Waals surface area contributed by atoms with Crippen LogP contribution in [0.5, 0.6) is 0 Å². The maximum atomic E-state index is 11.7. The molecule has 0 fully saturated rings. The van der Waals surface area contributed by atoms with E-state index < -0.39 is 5.97 Å². The van der Waals surface area contributed by atoms with Gasteiger partial charge in [-0.25, -0.2) is 4.79 Å². The highest BCUT2D eigenvalue weighted by Crippen LogP contribution is 2.17. The van der Waals surface area contributed by atoms with Gasteiger partial charge in [-0.3, -0.25) is 0 Å². The van der Waals surface area contributed by atoms with Crippen LogP contribution < -0.4 is 0 Å². The van der Waals surface area contributed by atoms with E-state index in [0.29, 0.717) is 13.2 Å². The minimum Gasteiger partial charge on any atom is -0.457 e. The third kappa shape index (κ3) is 4.46. The molecule has 0 saturated heterocycles. The number of carbonyl (C=O) groups is 1. The molecule has 0 aliphatic carbocycles. The molecule has 0 amide bonds. The second-order valence-electron chi connectivity index (χ2n) is 3.25. The predicted octanol–water partition coefficient (Wildman–Crippen LogP) is 2.37. The minimum absolute atomic E-state index is 0.0389. The summed E-state index contributed by atoms with van der Waals surface area (Å²) in [6.07, 6.45) is -0.370. The molecule has 1 aromatic rings. The summed E-state index contributed by atoms with van der Waals surface area (Å²) in [5, 5.41) is 7.07. The fourth-order valence-corrected chi connectivity index (χ4v) is 1.38. The van der Waals surface area contributed by atoms with Crippen molar-refractivity contribution in [1.29, 1.82) is 0 Å². The number of aromatic nitrogens is 2. The van der Waals surface area contributed by atoms with E-state index in [1.165, 1.54) is 6.07 Å². The lowest BCUT2D eigenvalue weighted by Gasteiger charge is -2.13. The van der Waals surface area contributed by atoms with E-state index in [1.54, 1.807) is 6.92 Å². The van der Waals surface area contributed by atoms with Gasteiger partial charge in [0.2, 0.25) is 0 Å². The van der Waals surface area contributed by atoms with Crippen molar-refractivity contribution in [1.82, 2.24) is 10.2 Å². The molecule has 1 aromatic heterocycles. The molecule has 17 heavy (non-hydrogen) atoms. The first-order chi connectivity index (χ1) is 8.04. The van der Waals surface area contributed by atoms with Crippen molar-refractivity contribution in [2.24, 2.45) is 0 Å². The van der Waals surface area contributed by atoms with Crippen LogP contribution in [0.3, 0.4) is 0 Å². The number of nitrogens with zero attached hydrogens (tertiary/aromatic N) is 2. The van der Waals surface area contributed by atoms with Gasteiger partial charge in [-0.05, 0) is 19.9 Å². The Hall–Kier alpha value is -0.910. The molecule has 1 atom stereocenters. The van der Waals surface area contributed by atoms with Crippen LogP contribution in [0.4, 0.5) is 0 Å². The Bertz CT molecular complexity index is 401. The summed E-state index contributed by atoms with van der Waals surface area (Å²) in [5.41, 5.74) is 0.0926. The largest absolute Gasteiger partial charge is 0.457 e. The first-order valence-corrected chi connectivity index (χ1v) is 5.77. The summed E-state index contributed by atoms with van der Waals surface area (Å²) >= 11 is 11.3. The van der Waals surface area contributed by atoms with Crippen molar-refractivity contribution in [3.05, 3.63) is 21.9 Å². The van der Waals surface area contributed by atoms with Crippen LogP contribution in [0, 0.1) is 0 Å². The molecule has 0 spiro atoms. The highest BCUT2D eigenvalue weighted by Gasteiger charge is 2.17. The first kappa shape index (κ1) is 14.2. The summed E-state index contributed by atoms with van der Waals surface area (Å²) in [7, 11) is 0. The molecule has 0 saturated carbocycles. The summed E-state index contributed by atoms with van der Waals surface area (Å²) in [6.45, 7) is 4.47. The van der Waals surface area contributed by atoms with Gasteiger partial charge in [-0.15, -0.1) is 10.2 Å². The molecular weight excluding hydrogens is 267 g/mol. The molecular formula is C10H12Cl2N2O3. The zero-order chi connectivity index (χ0) is 12.8. The normalized spacial score (nSPS) is 12.2. The van der Waals surface area contributed by atoms with E-state index >= 15 is 0 Å². The van der Waals surface area contributed by atoms with Crippen LogP contribution in [0.15, 0.2) is 6.07 Å². The molecule has 7 heteroatoms. The smallest absolute Gasteiger partial charge is 0.341 e. The van der Waals surface area contributed by atoms with Crippen molar-refractivity contribution in [2.75, 3.05) is 13.2 Å². The fourth-order valence-electron chi connectivity index (χ4n) is 1.06. The Labute approximate surface area is 109 Å². The summed E-state index contributed by atoms with van der Waals surface area (Å²) in [6, 6.07) is 1.31. The fraction of sp³-hybridized carbons (Fsp3) is 0.500. The molecule has 0 aromatic carbocycles. The van der Waals surface area contributed by atoms with Crippen molar-refractivity contribution in [3.63, 3.8) is 0 Å². The third-order valence-corrected chi connectivity index (χ3v) is 2.27. The van der Waals surface area contributed by atoms with Crippen LogP contribution in [-0.2, 0) is 9.47 Å². The van der Waals surface area contributed by atoms with Gasteiger partial charge >= 0.3 is 5.97 Å². The van der Waals surface area contributed by atoms with E-state index in [2.05, 4.69) is 10.2 Å². The number of hydrogen-bond acceptors (Lipinski definition) is 5. The van der Waals surface area contributed by atoms with E-state index in [0.717, 1.165) is 0 Å². The van der Waals surface area contributed by atoms with Crippen LogP contribution in [-0.4, -0.2) is 35.5 Å². The van der Waals surface area contributed by atoms with Gasteiger partial charge in [0.05, 0.1) is 6.61 Å². The topological polar surface area (TPSA) is 61.3 Å². The van der Waals surface area contributed by atoms with Gasteiger partial charge < -0.3 is 9.47 Å². The Balaban J connectivity index is 2.66. The van der Waals surface area contributed by atoms with Gasteiger partial charge in [0, 0.05) is 6.61 Å². The van der Waals surface area contributed by atoms with Gasteiger partial charge in [-0.1, -0.05) is 23.2 Å². The zero-order valence-electron chi connectivity index (χ0n) is 9.44. The van der Waals surface area contributed by atoms with Crippen LogP contribution in [0.25, 0.3) is 0 Å². The van der Waals surface area contributed by atoms with E-state index in [4.69, 9.17) is 32.7 Å². The second-order valence-corrected chi connectivity index (χ2v) is 3.99. The van der Waals surface area contributed by atoms with Crippen molar-refractivity contribution in [3.8, 4) is 0 Å². The average Bonchev–Trinajstić information content (AvgIpc) is 2.29. The second kappa shape index (κ2) is 6.74. The monoisotopic (exact) mass is 278 g/mol. The lowest BCUT2D eigenvalue weighted by molar-refractivity contribution is 0.00436. The minimum atomic E-state index is -0.598. The Morgan fingerprint density at radius 2 is 2.18 bits per heavy atom. The van der Waals surface area contributed by atoms with E-state index in [-0.39, 0.29) is 22.0 Å². The Morgan fingerprint density at radius 1 is 1.47 bits per heavy atom. The zero-order valence-corrected chi connectivity index (χ0v) is 11.0. The summed E-state index contributed by atoms with van der Waals surface area (Å²) < 4.78 is 10.2. The molecule has 0 aliphatic heterocycles.